The van der Waals surface area contributed by atoms with E-state index in [0.717, 1.165) is 25.5 Å². The van der Waals surface area contributed by atoms with Gasteiger partial charge in [0.15, 0.2) is 0 Å². The second kappa shape index (κ2) is 8.44. The highest BCUT2D eigenvalue weighted by Gasteiger charge is 2.34. The number of carbonyl (C=O) groups is 1. The molecule has 2 aliphatic carbocycles. The van der Waals surface area contributed by atoms with Gasteiger partial charge in [-0.1, -0.05) is 44.9 Å². The minimum Gasteiger partial charge on any atom is -0.377 e. The van der Waals surface area contributed by atoms with E-state index < -0.39 is 0 Å². The van der Waals surface area contributed by atoms with Crippen molar-refractivity contribution in [2.24, 2.45) is 5.92 Å². The van der Waals surface area contributed by atoms with Crippen molar-refractivity contribution in [3.05, 3.63) is 0 Å². The van der Waals surface area contributed by atoms with E-state index in [1.54, 1.807) is 0 Å². The molecule has 0 radical (unpaired) electrons. The van der Waals surface area contributed by atoms with E-state index in [2.05, 4.69) is 4.90 Å². The van der Waals surface area contributed by atoms with Gasteiger partial charge in [0.25, 0.3) is 0 Å². The van der Waals surface area contributed by atoms with Gasteiger partial charge >= 0.3 is 0 Å². The number of hydrogen-bond acceptors (Lipinski definition) is 3. The topological polar surface area (TPSA) is 29.5 Å². The zero-order chi connectivity index (χ0) is 15.2. The first-order valence-electron chi connectivity index (χ1n) is 9.70. The van der Waals surface area contributed by atoms with E-state index in [4.69, 9.17) is 4.74 Å². The van der Waals surface area contributed by atoms with Gasteiger partial charge in [-0.05, 0) is 31.6 Å². The fourth-order valence-electron chi connectivity index (χ4n) is 4.71. The van der Waals surface area contributed by atoms with Crippen LogP contribution in [0.25, 0.3) is 0 Å². The van der Waals surface area contributed by atoms with E-state index in [1.807, 2.05) is 0 Å². The molecule has 3 aliphatic rings. The normalized spacial score (nSPS) is 31.7. The summed E-state index contributed by atoms with van der Waals surface area (Å²) < 4.78 is 6.28. The van der Waals surface area contributed by atoms with Gasteiger partial charge in [0.1, 0.15) is 5.78 Å². The molecule has 1 saturated heterocycles. The van der Waals surface area contributed by atoms with Gasteiger partial charge in [0.2, 0.25) is 0 Å². The summed E-state index contributed by atoms with van der Waals surface area (Å²) in [6, 6.07) is 0.509. The maximum Gasteiger partial charge on any atom is 0.148 e. The van der Waals surface area contributed by atoms with Crippen molar-refractivity contribution < 1.29 is 9.53 Å². The quantitative estimate of drug-likeness (QED) is 0.696. The molecule has 1 aliphatic heterocycles. The number of ether oxygens (including phenoxy) is 1. The van der Waals surface area contributed by atoms with Gasteiger partial charge in [0, 0.05) is 25.6 Å². The molecule has 0 aromatic carbocycles. The molecular weight excluding hydrogens is 274 g/mol. The van der Waals surface area contributed by atoms with E-state index in [-0.39, 0.29) is 0 Å². The van der Waals surface area contributed by atoms with Crippen LogP contribution in [0.2, 0.25) is 0 Å². The number of Topliss-reactive ketones (excluding diaryl/α,β-unsaturated/α-hetero) is 1. The summed E-state index contributed by atoms with van der Waals surface area (Å²) in [5, 5.41) is 0. The van der Waals surface area contributed by atoms with Crippen LogP contribution in [-0.4, -0.2) is 42.5 Å². The van der Waals surface area contributed by atoms with Crippen molar-refractivity contribution in [1.82, 2.24) is 4.90 Å². The first-order chi connectivity index (χ1) is 10.8. The molecule has 0 N–H and O–H groups in total. The van der Waals surface area contributed by atoms with Gasteiger partial charge in [-0.2, -0.15) is 0 Å². The van der Waals surface area contributed by atoms with E-state index in [1.165, 1.54) is 70.6 Å². The summed E-state index contributed by atoms with van der Waals surface area (Å²) in [5.41, 5.74) is 0. The average molecular weight is 307 g/mol. The van der Waals surface area contributed by atoms with Crippen LogP contribution in [0.3, 0.4) is 0 Å². The first kappa shape index (κ1) is 16.4. The van der Waals surface area contributed by atoms with Crippen molar-refractivity contribution in [3.8, 4) is 0 Å². The van der Waals surface area contributed by atoms with E-state index >= 15 is 0 Å². The smallest absolute Gasteiger partial charge is 0.148 e. The standard InChI is InChI=1S/C19H33NO2/c21-17-12-13-20(15-17)18-10-4-5-11-19(18)22-14-6-9-16-7-2-1-3-8-16/h16,18-19H,1-15H2/t18-,19-/m0/s1. The Balaban J connectivity index is 1.38. The lowest BCUT2D eigenvalue weighted by Gasteiger charge is -2.37. The first-order valence-corrected chi connectivity index (χ1v) is 9.70. The Bertz CT molecular complexity index is 351. The minimum absolute atomic E-state index is 0.381. The SMILES string of the molecule is O=C1CCN([C@H]2CCCC[C@@H]2OCCCC2CCCCC2)C1. The molecule has 0 aromatic heterocycles. The molecular formula is C19H33NO2. The van der Waals surface area contributed by atoms with Gasteiger partial charge in [-0.3, -0.25) is 9.69 Å². The number of rotatable bonds is 6. The van der Waals surface area contributed by atoms with Crippen LogP contribution >= 0.6 is 0 Å². The summed E-state index contributed by atoms with van der Waals surface area (Å²) in [5.74, 6) is 1.39. The van der Waals surface area contributed by atoms with Crippen LogP contribution in [0, 0.1) is 5.92 Å². The van der Waals surface area contributed by atoms with Crippen LogP contribution in [-0.2, 0) is 9.53 Å². The predicted octanol–water partition coefficient (Wildman–Crippen LogP) is 3.95. The number of likely N-dealkylation sites (tertiary alicyclic amines) is 1. The summed E-state index contributed by atoms with van der Waals surface area (Å²) in [6.45, 7) is 2.57. The summed E-state index contributed by atoms with van der Waals surface area (Å²) in [7, 11) is 0. The molecule has 3 heteroatoms. The van der Waals surface area contributed by atoms with Gasteiger partial charge in [0.05, 0.1) is 12.6 Å². The Labute approximate surface area is 135 Å². The van der Waals surface area contributed by atoms with Crippen LogP contribution < -0.4 is 0 Å². The predicted molar refractivity (Wildman–Crippen MR) is 89.0 cm³/mol. The van der Waals surface area contributed by atoms with Gasteiger partial charge < -0.3 is 4.74 Å². The molecule has 0 aromatic rings. The Hall–Kier alpha value is -0.410. The summed E-state index contributed by atoms with van der Waals surface area (Å²) in [6.07, 6.45) is 16.0. The molecule has 3 rings (SSSR count). The maximum absolute atomic E-state index is 11.6. The van der Waals surface area contributed by atoms with Crippen LogP contribution in [0.1, 0.15) is 77.0 Å². The highest BCUT2D eigenvalue weighted by molar-refractivity contribution is 5.82. The summed E-state index contributed by atoms with van der Waals surface area (Å²) in [4.78, 5) is 14.0. The van der Waals surface area contributed by atoms with Crippen molar-refractivity contribution in [2.75, 3.05) is 19.7 Å². The second-order valence-electron chi connectivity index (χ2n) is 7.67. The fourth-order valence-corrected chi connectivity index (χ4v) is 4.71. The number of ketones is 1. The lowest BCUT2D eigenvalue weighted by atomic mass is 9.86. The largest absolute Gasteiger partial charge is 0.377 e. The Morgan fingerprint density at radius 2 is 1.77 bits per heavy atom. The van der Waals surface area contributed by atoms with Crippen molar-refractivity contribution in [1.29, 1.82) is 0 Å². The maximum atomic E-state index is 11.6. The minimum atomic E-state index is 0.381. The third-order valence-electron chi connectivity index (χ3n) is 6.01. The molecule has 2 saturated carbocycles. The summed E-state index contributed by atoms with van der Waals surface area (Å²) >= 11 is 0. The van der Waals surface area contributed by atoms with Crippen LogP contribution in [0.15, 0.2) is 0 Å². The molecule has 22 heavy (non-hydrogen) atoms. The molecule has 0 amide bonds. The Morgan fingerprint density at radius 3 is 2.55 bits per heavy atom. The average Bonchev–Trinajstić information content (AvgIpc) is 2.99. The third kappa shape index (κ3) is 4.55. The molecule has 0 unspecified atom stereocenters. The third-order valence-corrected chi connectivity index (χ3v) is 6.01. The lowest BCUT2D eigenvalue weighted by molar-refractivity contribution is -0.117. The molecule has 1 heterocycles. The second-order valence-corrected chi connectivity index (χ2v) is 7.67. The highest BCUT2D eigenvalue weighted by atomic mass is 16.5. The van der Waals surface area contributed by atoms with Crippen molar-refractivity contribution in [2.45, 2.75) is 89.2 Å². The molecule has 2 atom stereocenters. The molecule has 126 valence electrons. The number of carbonyl (C=O) groups excluding carboxylic acids is 1. The highest BCUT2D eigenvalue weighted by Crippen LogP contribution is 2.29. The number of hydrogen-bond donors (Lipinski definition) is 0. The zero-order valence-corrected chi connectivity index (χ0v) is 14.1. The molecule has 3 fully saturated rings. The lowest BCUT2D eigenvalue weighted by Crippen LogP contribution is -2.45. The monoisotopic (exact) mass is 307 g/mol. The Kier molecular flexibility index (Phi) is 6.31. The van der Waals surface area contributed by atoms with Gasteiger partial charge in [-0.15, -0.1) is 0 Å². The van der Waals surface area contributed by atoms with E-state index in [9.17, 15) is 4.79 Å². The van der Waals surface area contributed by atoms with E-state index in [0.29, 0.717) is 24.5 Å². The van der Waals surface area contributed by atoms with Gasteiger partial charge in [-0.25, -0.2) is 0 Å². The van der Waals surface area contributed by atoms with Crippen molar-refractivity contribution in [3.63, 3.8) is 0 Å². The Morgan fingerprint density at radius 1 is 1.00 bits per heavy atom. The van der Waals surface area contributed by atoms with Crippen LogP contribution in [0.5, 0.6) is 0 Å². The zero-order valence-electron chi connectivity index (χ0n) is 14.1. The number of nitrogens with zero attached hydrogens (tertiary/aromatic N) is 1. The van der Waals surface area contributed by atoms with Crippen molar-refractivity contribution >= 4 is 5.78 Å². The molecule has 0 spiro atoms. The molecule has 3 nitrogen and oxygen atoms in total. The molecule has 0 bridgehead atoms. The van der Waals surface area contributed by atoms with Crippen LogP contribution in [0.4, 0.5) is 0 Å². The fraction of sp³-hybridized carbons (Fsp3) is 0.947.